The second-order valence-corrected chi connectivity index (χ2v) is 5.82. The standard InChI is InChI=1S/C14H17N3O3S/c1-9-10(2)21-12(11(9)13(18)19)16-14(20)15-5-8-17-6-3-4-7-17/h3-4,6-7H,5,8H2,1-2H3,(H,18,19)(H2,15,16,20). The molecule has 0 aliphatic rings. The van der Waals surface area contributed by atoms with E-state index in [-0.39, 0.29) is 5.56 Å². The highest BCUT2D eigenvalue weighted by atomic mass is 32.1. The summed E-state index contributed by atoms with van der Waals surface area (Å²) in [5.74, 6) is -1.03. The van der Waals surface area contributed by atoms with Gasteiger partial charge in [0.2, 0.25) is 0 Å². The molecule has 21 heavy (non-hydrogen) atoms. The molecule has 2 aromatic heterocycles. The molecule has 0 aliphatic heterocycles. The number of anilines is 1. The minimum Gasteiger partial charge on any atom is -0.478 e. The molecular formula is C14H17N3O3S. The molecule has 2 amide bonds. The van der Waals surface area contributed by atoms with Gasteiger partial charge in [0.15, 0.2) is 0 Å². The number of amides is 2. The molecule has 0 spiro atoms. The first kappa shape index (κ1) is 15.1. The Labute approximate surface area is 126 Å². The van der Waals surface area contributed by atoms with Crippen LogP contribution in [0.4, 0.5) is 9.80 Å². The number of nitrogens with one attached hydrogen (secondary N) is 2. The van der Waals surface area contributed by atoms with Crippen LogP contribution in [0.25, 0.3) is 0 Å². The third-order valence-corrected chi connectivity index (χ3v) is 4.27. The van der Waals surface area contributed by atoms with E-state index in [2.05, 4.69) is 10.6 Å². The number of aromatic carboxylic acids is 1. The number of rotatable bonds is 5. The van der Waals surface area contributed by atoms with Gasteiger partial charge in [0, 0.05) is 30.4 Å². The molecule has 0 atom stereocenters. The van der Waals surface area contributed by atoms with Crippen LogP contribution in [-0.2, 0) is 6.54 Å². The van der Waals surface area contributed by atoms with E-state index in [0.29, 0.717) is 23.7 Å². The molecule has 0 aromatic carbocycles. The summed E-state index contributed by atoms with van der Waals surface area (Å²) in [6.07, 6.45) is 3.82. The van der Waals surface area contributed by atoms with Gasteiger partial charge in [0.1, 0.15) is 5.00 Å². The predicted molar refractivity (Wildman–Crippen MR) is 82.2 cm³/mol. The number of hydrogen-bond acceptors (Lipinski definition) is 3. The number of carboxylic acid groups (broad SMARTS) is 1. The van der Waals surface area contributed by atoms with Gasteiger partial charge in [0.05, 0.1) is 5.56 Å². The highest BCUT2D eigenvalue weighted by molar-refractivity contribution is 7.16. The molecule has 7 heteroatoms. The molecule has 2 aromatic rings. The van der Waals surface area contributed by atoms with Crippen molar-refractivity contribution in [2.24, 2.45) is 0 Å². The van der Waals surface area contributed by atoms with Crippen LogP contribution in [0, 0.1) is 13.8 Å². The number of carbonyl (C=O) groups excluding carboxylic acids is 1. The minimum absolute atomic E-state index is 0.165. The van der Waals surface area contributed by atoms with Crippen molar-refractivity contribution in [3.63, 3.8) is 0 Å². The maximum Gasteiger partial charge on any atom is 0.338 e. The number of thiophene rings is 1. The van der Waals surface area contributed by atoms with Crippen molar-refractivity contribution in [3.05, 3.63) is 40.5 Å². The van der Waals surface area contributed by atoms with Crippen LogP contribution in [0.3, 0.4) is 0 Å². The van der Waals surface area contributed by atoms with Crippen LogP contribution in [0.15, 0.2) is 24.5 Å². The minimum atomic E-state index is -1.03. The lowest BCUT2D eigenvalue weighted by molar-refractivity contribution is 0.0697. The topological polar surface area (TPSA) is 83.4 Å². The van der Waals surface area contributed by atoms with E-state index in [0.717, 1.165) is 4.88 Å². The summed E-state index contributed by atoms with van der Waals surface area (Å²) in [6, 6.07) is 3.43. The molecule has 0 radical (unpaired) electrons. The van der Waals surface area contributed by atoms with Crippen molar-refractivity contribution in [1.82, 2.24) is 9.88 Å². The number of aromatic nitrogens is 1. The van der Waals surface area contributed by atoms with Gasteiger partial charge in [-0.3, -0.25) is 5.32 Å². The molecule has 2 rings (SSSR count). The molecule has 6 nitrogen and oxygen atoms in total. The number of urea groups is 1. The molecule has 112 valence electrons. The molecule has 3 N–H and O–H groups in total. The molecule has 0 fully saturated rings. The molecule has 0 unspecified atom stereocenters. The van der Waals surface area contributed by atoms with Gasteiger partial charge in [-0.15, -0.1) is 11.3 Å². The average Bonchev–Trinajstić information content (AvgIpc) is 2.99. The highest BCUT2D eigenvalue weighted by Gasteiger charge is 2.20. The molecule has 0 saturated heterocycles. The smallest absolute Gasteiger partial charge is 0.338 e. The Morgan fingerprint density at radius 3 is 2.57 bits per heavy atom. The zero-order valence-corrected chi connectivity index (χ0v) is 12.7. The largest absolute Gasteiger partial charge is 0.478 e. The first-order chi connectivity index (χ1) is 9.99. The van der Waals surface area contributed by atoms with Gasteiger partial charge < -0.3 is 15.0 Å². The lowest BCUT2D eigenvalue weighted by atomic mass is 10.1. The van der Waals surface area contributed by atoms with Crippen LogP contribution < -0.4 is 10.6 Å². The number of nitrogens with zero attached hydrogens (tertiary/aromatic N) is 1. The van der Waals surface area contributed by atoms with E-state index in [1.807, 2.05) is 36.0 Å². The number of carboxylic acids is 1. The lowest BCUT2D eigenvalue weighted by Gasteiger charge is -2.07. The first-order valence-electron chi connectivity index (χ1n) is 6.48. The summed E-state index contributed by atoms with van der Waals surface area (Å²) in [7, 11) is 0. The van der Waals surface area contributed by atoms with Crippen LogP contribution in [0.5, 0.6) is 0 Å². The summed E-state index contributed by atoms with van der Waals surface area (Å²) in [4.78, 5) is 23.9. The summed E-state index contributed by atoms with van der Waals surface area (Å²) < 4.78 is 1.95. The number of hydrogen-bond donors (Lipinski definition) is 3. The maximum absolute atomic E-state index is 11.8. The van der Waals surface area contributed by atoms with E-state index in [1.165, 1.54) is 11.3 Å². The normalized spacial score (nSPS) is 10.4. The van der Waals surface area contributed by atoms with E-state index in [1.54, 1.807) is 6.92 Å². The van der Waals surface area contributed by atoms with Crippen molar-refractivity contribution in [2.75, 3.05) is 11.9 Å². The Morgan fingerprint density at radius 1 is 1.29 bits per heavy atom. The molecule has 2 heterocycles. The molecular weight excluding hydrogens is 290 g/mol. The van der Waals surface area contributed by atoms with Crippen LogP contribution in [-0.4, -0.2) is 28.2 Å². The molecule has 0 bridgehead atoms. The zero-order chi connectivity index (χ0) is 15.4. The monoisotopic (exact) mass is 307 g/mol. The quantitative estimate of drug-likeness (QED) is 0.794. The van der Waals surface area contributed by atoms with E-state index < -0.39 is 12.0 Å². The van der Waals surface area contributed by atoms with Gasteiger partial charge in [-0.25, -0.2) is 9.59 Å². The van der Waals surface area contributed by atoms with E-state index in [9.17, 15) is 14.7 Å². The van der Waals surface area contributed by atoms with Crippen LogP contribution >= 0.6 is 11.3 Å². The molecule has 0 saturated carbocycles. The van der Waals surface area contributed by atoms with Crippen molar-refractivity contribution >= 4 is 28.3 Å². The molecule has 0 aliphatic carbocycles. The van der Waals surface area contributed by atoms with Gasteiger partial charge in [-0.2, -0.15) is 0 Å². The fourth-order valence-corrected chi connectivity index (χ4v) is 2.99. The van der Waals surface area contributed by atoms with Gasteiger partial charge in [-0.1, -0.05) is 0 Å². The van der Waals surface area contributed by atoms with Crippen LogP contribution in [0.2, 0.25) is 0 Å². The fraction of sp³-hybridized carbons (Fsp3) is 0.286. The van der Waals surface area contributed by atoms with Gasteiger partial charge in [-0.05, 0) is 31.5 Å². The number of aryl methyl sites for hydroxylation is 1. The Kier molecular flexibility index (Phi) is 4.64. The Morgan fingerprint density at radius 2 is 1.95 bits per heavy atom. The predicted octanol–water partition coefficient (Wildman–Crippen LogP) is 2.69. The van der Waals surface area contributed by atoms with Crippen molar-refractivity contribution in [2.45, 2.75) is 20.4 Å². The lowest BCUT2D eigenvalue weighted by Crippen LogP contribution is -2.31. The second-order valence-electron chi connectivity index (χ2n) is 4.59. The van der Waals surface area contributed by atoms with Gasteiger partial charge >= 0.3 is 12.0 Å². The van der Waals surface area contributed by atoms with E-state index in [4.69, 9.17) is 0 Å². The Balaban J connectivity index is 1.93. The Hall–Kier alpha value is -2.28. The summed E-state index contributed by atoms with van der Waals surface area (Å²) in [5, 5.41) is 14.9. The van der Waals surface area contributed by atoms with E-state index >= 15 is 0 Å². The SMILES string of the molecule is Cc1sc(NC(=O)NCCn2cccc2)c(C(=O)O)c1C. The van der Waals surface area contributed by atoms with Crippen molar-refractivity contribution in [3.8, 4) is 0 Å². The zero-order valence-electron chi connectivity index (χ0n) is 11.8. The maximum atomic E-state index is 11.8. The summed E-state index contributed by atoms with van der Waals surface area (Å²) in [5.41, 5.74) is 0.855. The van der Waals surface area contributed by atoms with Gasteiger partial charge in [0.25, 0.3) is 0 Å². The average molecular weight is 307 g/mol. The second kappa shape index (κ2) is 6.45. The third-order valence-electron chi connectivity index (χ3n) is 3.15. The highest BCUT2D eigenvalue weighted by Crippen LogP contribution is 2.32. The fourth-order valence-electron chi connectivity index (χ4n) is 1.94. The van der Waals surface area contributed by atoms with Crippen molar-refractivity contribution in [1.29, 1.82) is 0 Å². The summed E-state index contributed by atoms with van der Waals surface area (Å²) >= 11 is 1.27. The summed E-state index contributed by atoms with van der Waals surface area (Å²) in [6.45, 7) is 4.70. The number of carbonyl (C=O) groups is 2. The first-order valence-corrected chi connectivity index (χ1v) is 7.29. The Bertz CT molecular complexity index is 647. The van der Waals surface area contributed by atoms with Crippen molar-refractivity contribution < 1.29 is 14.7 Å². The third kappa shape index (κ3) is 3.63. The van der Waals surface area contributed by atoms with Crippen LogP contribution in [0.1, 0.15) is 20.8 Å².